The van der Waals surface area contributed by atoms with Crippen molar-refractivity contribution in [2.45, 2.75) is 26.1 Å². The van der Waals surface area contributed by atoms with E-state index in [0.717, 1.165) is 18.2 Å². The zero-order valence-corrected chi connectivity index (χ0v) is 17.9. The molecule has 1 atom stereocenters. The van der Waals surface area contributed by atoms with Gasteiger partial charge in [0.15, 0.2) is 11.9 Å². The van der Waals surface area contributed by atoms with Crippen LogP contribution in [-0.2, 0) is 20.4 Å². The number of nitro benzene ring substituents is 1. The molecule has 0 saturated heterocycles. The number of nitro groups is 1. The molecule has 13 heteroatoms. The molecule has 0 saturated carbocycles. The van der Waals surface area contributed by atoms with Gasteiger partial charge in [-0.25, -0.2) is 9.59 Å². The maximum atomic E-state index is 12.9. The van der Waals surface area contributed by atoms with Gasteiger partial charge in [0.25, 0.3) is 5.69 Å². The van der Waals surface area contributed by atoms with Gasteiger partial charge in [-0.2, -0.15) is 13.2 Å². The standard InChI is InChI=1S/C19H14Cl2F3NO7/c1-3-30-17(26)9(2)31-18(27)12-8-11(4-5-15(12)25(28)29)32-16-13(20)6-10(7-14(16)21)19(22,23)24/h4-9H,3H2,1-2H3. The Bertz CT molecular complexity index is 1040. The van der Waals surface area contributed by atoms with Gasteiger partial charge in [-0.3, -0.25) is 10.1 Å². The highest BCUT2D eigenvalue weighted by atomic mass is 35.5. The molecule has 2 aromatic carbocycles. The normalized spacial score (nSPS) is 12.1. The third-order valence-corrected chi connectivity index (χ3v) is 4.39. The second-order valence-corrected chi connectivity index (χ2v) is 6.92. The minimum absolute atomic E-state index is 0.0266. The summed E-state index contributed by atoms with van der Waals surface area (Å²) in [5.74, 6) is -2.67. The molecule has 0 amide bonds. The Balaban J connectivity index is 2.39. The van der Waals surface area contributed by atoms with Crippen molar-refractivity contribution in [2.75, 3.05) is 6.61 Å². The van der Waals surface area contributed by atoms with Crippen LogP contribution in [0.3, 0.4) is 0 Å². The molecule has 0 bridgehead atoms. The van der Waals surface area contributed by atoms with E-state index in [1.165, 1.54) is 13.8 Å². The van der Waals surface area contributed by atoms with Crippen LogP contribution in [0.25, 0.3) is 0 Å². The molecule has 0 aromatic heterocycles. The first-order valence-electron chi connectivity index (χ1n) is 8.75. The van der Waals surface area contributed by atoms with Crippen LogP contribution in [0.15, 0.2) is 30.3 Å². The van der Waals surface area contributed by atoms with E-state index in [1.807, 2.05) is 0 Å². The van der Waals surface area contributed by atoms with E-state index in [2.05, 4.69) is 0 Å². The molecule has 0 fully saturated rings. The lowest BCUT2D eigenvalue weighted by Crippen LogP contribution is -2.26. The number of hydrogen-bond donors (Lipinski definition) is 0. The molecule has 0 radical (unpaired) electrons. The van der Waals surface area contributed by atoms with Crippen LogP contribution in [0.5, 0.6) is 11.5 Å². The topological polar surface area (TPSA) is 105 Å². The zero-order chi connectivity index (χ0) is 24.2. The summed E-state index contributed by atoms with van der Waals surface area (Å²) in [6.45, 7) is 2.78. The predicted molar refractivity (Wildman–Crippen MR) is 106 cm³/mol. The first kappa shape index (κ1) is 25.2. The molecule has 32 heavy (non-hydrogen) atoms. The van der Waals surface area contributed by atoms with Crippen LogP contribution in [0.2, 0.25) is 10.0 Å². The second kappa shape index (κ2) is 10.0. The number of halogens is 5. The lowest BCUT2D eigenvalue weighted by atomic mass is 10.1. The highest BCUT2D eigenvalue weighted by molar-refractivity contribution is 6.37. The van der Waals surface area contributed by atoms with Crippen molar-refractivity contribution in [1.82, 2.24) is 0 Å². The molecular formula is C19H14Cl2F3NO7. The van der Waals surface area contributed by atoms with E-state index in [9.17, 15) is 32.9 Å². The van der Waals surface area contributed by atoms with Gasteiger partial charge in [0.1, 0.15) is 11.3 Å². The number of rotatable bonds is 7. The largest absolute Gasteiger partial charge is 0.463 e. The van der Waals surface area contributed by atoms with Gasteiger partial charge >= 0.3 is 18.1 Å². The van der Waals surface area contributed by atoms with Crippen LogP contribution in [0, 0.1) is 10.1 Å². The molecule has 0 aliphatic carbocycles. The Morgan fingerprint density at radius 1 is 1.16 bits per heavy atom. The van der Waals surface area contributed by atoms with Crippen LogP contribution in [-0.4, -0.2) is 29.6 Å². The van der Waals surface area contributed by atoms with Crippen molar-refractivity contribution in [3.8, 4) is 11.5 Å². The summed E-state index contributed by atoms with van der Waals surface area (Å²) in [5, 5.41) is 10.3. The fourth-order valence-corrected chi connectivity index (χ4v) is 2.94. The van der Waals surface area contributed by atoms with Gasteiger partial charge in [-0.1, -0.05) is 23.2 Å². The van der Waals surface area contributed by atoms with Crippen molar-refractivity contribution >= 4 is 40.8 Å². The van der Waals surface area contributed by atoms with Gasteiger partial charge in [-0.05, 0) is 32.0 Å². The average Bonchev–Trinajstić information content (AvgIpc) is 2.69. The van der Waals surface area contributed by atoms with Crippen molar-refractivity contribution in [3.63, 3.8) is 0 Å². The Morgan fingerprint density at radius 2 is 1.75 bits per heavy atom. The minimum atomic E-state index is -4.70. The molecular weight excluding hydrogens is 482 g/mol. The van der Waals surface area contributed by atoms with Gasteiger partial charge < -0.3 is 14.2 Å². The molecule has 1 unspecified atom stereocenters. The highest BCUT2D eigenvalue weighted by Crippen LogP contribution is 2.42. The van der Waals surface area contributed by atoms with E-state index >= 15 is 0 Å². The van der Waals surface area contributed by atoms with Gasteiger partial charge in [-0.15, -0.1) is 0 Å². The number of carbonyl (C=O) groups is 2. The predicted octanol–water partition coefficient (Wildman–Crippen LogP) is 5.82. The summed E-state index contributed by atoms with van der Waals surface area (Å²) in [7, 11) is 0. The first-order valence-corrected chi connectivity index (χ1v) is 9.50. The summed E-state index contributed by atoms with van der Waals surface area (Å²) >= 11 is 11.7. The second-order valence-electron chi connectivity index (χ2n) is 6.10. The summed E-state index contributed by atoms with van der Waals surface area (Å²) in [6, 6.07) is 4.07. The Morgan fingerprint density at radius 3 is 2.25 bits per heavy atom. The number of hydrogen-bond acceptors (Lipinski definition) is 7. The molecule has 2 rings (SSSR count). The van der Waals surface area contributed by atoms with Crippen molar-refractivity contribution < 1.29 is 41.9 Å². The zero-order valence-electron chi connectivity index (χ0n) is 16.4. The van der Waals surface area contributed by atoms with Crippen LogP contribution in [0.4, 0.5) is 18.9 Å². The molecule has 2 aromatic rings. The maximum absolute atomic E-state index is 12.9. The lowest BCUT2D eigenvalue weighted by Gasteiger charge is -2.14. The summed E-state index contributed by atoms with van der Waals surface area (Å²) < 4.78 is 53.6. The average molecular weight is 496 g/mol. The minimum Gasteiger partial charge on any atom is -0.463 e. The van der Waals surface area contributed by atoms with Crippen molar-refractivity contribution in [2.24, 2.45) is 0 Å². The molecule has 0 aliphatic rings. The monoisotopic (exact) mass is 495 g/mol. The number of alkyl halides is 3. The third kappa shape index (κ3) is 6.01. The Kier molecular flexibility index (Phi) is 7.92. The quantitative estimate of drug-likeness (QED) is 0.270. The van der Waals surface area contributed by atoms with E-state index in [-0.39, 0.29) is 18.1 Å². The van der Waals surface area contributed by atoms with Crippen LogP contribution >= 0.6 is 23.2 Å². The van der Waals surface area contributed by atoms with E-state index < -0.39 is 56.0 Å². The SMILES string of the molecule is CCOC(=O)C(C)OC(=O)c1cc(Oc2c(Cl)cc(C(F)(F)F)cc2Cl)ccc1[N+](=O)[O-]. The molecule has 0 N–H and O–H groups in total. The summed E-state index contributed by atoms with van der Waals surface area (Å²) in [4.78, 5) is 34.5. The van der Waals surface area contributed by atoms with E-state index in [4.69, 9.17) is 37.4 Å². The Labute approximate surface area is 188 Å². The fraction of sp³-hybridized carbons (Fsp3) is 0.263. The van der Waals surface area contributed by atoms with E-state index in [0.29, 0.717) is 12.1 Å². The fourth-order valence-electron chi connectivity index (χ4n) is 2.37. The van der Waals surface area contributed by atoms with Crippen molar-refractivity contribution in [3.05, 3.63) is 61.6 Å². The number of nitrogens with zero attached hydrogens (tertiary/aromatic N) is 1. The maximum Gasteiger partial charge on any atom is 0.416 e. The number of carbonyl (C=O) groups excluding carboxylic acids is 2. The smallest absolute Gasteiger partial charge is 0.416 e. The number of ether oxygens (including phenoxy) is 3. The number of esters is 2. The van der Waals surface area contributed by atoms with Crippen LogP contribution < -0.4 is 4.74 Å². The first-order chi connectivity index (χ1) is 14.8. The van der Waals surface area contributed by atoms with Crippen molar-refractivity contribution in [1.29, 1.82) is 0 Å². The molecule has 0 heterocycles. The lowest BCUT2D eigenvalue weighted by molar-refractivity contribution is -0.385. The molecule has 172 valence electrons. The number of benzene rings is 2. The van der Waals surface area contributed by atoms with Crippen LogP contribution in [0.1, 0.15) is 29.8 Å². The highest BCUT2D eigenvalue weighted by Gasteiger charge is 2.32. The van der Waals surface area contributed by atoms with Gasteiger partial charge in [0.2, 0.25) is 0 Å². The van der Waals surface area contributed by atoms with Gasteiger partial charge in [0, 0.05) is 12.1 Å². The van der Waals surface area contributed by atoms with E-state index in [1.54, 1.807) is 0 Å². The summed E-state index contributed by atoms with van der Waals surface area (Å²) in [6.07, 6.45) is -6.06. The molecule has 8 nitrogen and oxygen atoms in total. The Hall–Kier alpha value is -3.05. The van der Waals surface area contributed by atoms with Gasteiger partial charge in [0.05, 0.1) is 27.1 Å². The molecule has 0 spiro atoms. The third-order valence-electron chi connectivity index (χ3n) is 3.83. The molecule has 0 aliphatic heterocycles. The summed E-state index contributed by atoms with van der Waals surface area (Å²) in [5.41, 5.74) is -2.36.